The molecule has 0 radical (unpaired) electrons. The molecule has 2 aromatic carbocycles. The number of esters is 1. The average molecular weight is 524 g/mol. The molecule has 1 N–H and O–H groups in total. The Bertz CT molecular complexity index is 1290. The number of para-hydroxylation sites is 1. The number of benzene rings is 2. The molecule has 2 aliphatic rings. The van der Waals surface area contributed by atoms with Gasteiger partial charge in [0.25, 0.3) is 11.8 Å². The van der Waals surface area contributed by atoms with Crippen LogP contribution in [-0.2, 0) is 19.1 Å². The Morgan fingerprint density at radius 3 is 2.42 bits per heavy atom. The maximum Gasteiger partial charge on any atom is 0.338 e. The molecule has 0 unspecified atom stereocenters. The first-order valence-corrected chi connectivity index (χ1v) is 12.8. The summed E-state index contributed by atoms with van der Waals surface area (Å²) in [5.41, 5.74) is 2.26. The van der Waals surface area contributed by atoms with Gasteiger partial charge in [0, 0.05) is 17.3 Å². The summed E-state index contributed by atoms with van der Waals surface area (Å²) in [6, 6.07) is 13.3. The van der Waals surface area contributed by atoms with Gasteiger partial charge in [-0.05, 0) is 50.6 Å². The summed E-state index contributed by atoms with van der Waals surface area (Å²) in [7, 11) is 0. The number of rotatable bonds is 7. The Balaban J connectivity index is 1.56. The number of fused-ring (bicyclic) bond motifs is 1. The molecule has 4 rings (SSSR count). The molecular weight excluding hydrogens is 498 g/mol. The van der Waals surface area contributed by atoms with Gasteiger partial charge in [0.15, 0.2) is 0 Å². The van der Waals surface area contributed by atoms with Gasteiger partial charge < -0.3 is 10.1 Å². The van der Waals surface area contributed by atoms with E-state index in [2.05, 4.69) is 5.32 Å². The summed E-state index contributed by atoms with van der Waals surface area (Å²) in [6.07, 6.45) is 0.729. The highest BCUT2D eigenvalue weighted by Crippen LogP contribution is 2.45. The van der Waals surface area contributed by atoms with Crippen LogP contribution in [0.5, 0.6) is 0 Å². The van der Waals surface area contributed by atoms with Gasteiger partial charge in [-0.1, -0.05) is 49.1 Å². The van der Waals surface area contributed by atoms with Crippen molar-refractivity contribution in [3.63, 3.8) is 0 Å². The number of amides is 3. The molecule has 1 atom stereocenters. The fourth-order valence-corrected chi connectivity index (χ4v) is 5.53. The van der Waals surface area contributed by atoms with Crippen LogP contribution in [0, 0.1) is 0 Å². The third-order valence-corrected chi connectivity index (χ3v) is 7.36. The van der Waals surface area contributed by atoms with Crippen LogP contribution in [0.2, 0.25) is 0 Å². The molecule has 36 heavy (non-hydrogen) atoms. The van der Waals surface area contributed by atoms with E-state index in [9.17, 15) is 19.2 Å². The van der Waals surface area contributed by atoms with Crippen molar-refractivity contribution in [1.82, 2.24) is 4.90 Å². The van der Waals surface area contributed by atoms with Gasteiger partial charge in [0.1, 0.15) is 10.9 Å². The second-order valence-corrected chi connectivity index (χ2v) is 9.90. The molecule has 0 saturated carbocycles. The highest BCUT2D eigenvalue weighted by molar-refractivity contribution is 8.26. The van der Waals surface area contributed by atoms with Crippen molar-refractivity contribution in [2.75, 3.05) is 23.4 Å². The maximum absolute atomic E-state index is 13.5. The number of nitrogens with one attached hydrogen (secondary N) is 1. The third-order valence-electron chi connectivity index (χ3n) is 5.96. The Labute approximate surface area is 218 Å². The number of hydrogen-bond acceptors (Lipinski definition) is 7. The van der Waals surface area contributed by atoms with Crippen LogP contribution in [-0.4, -0.2) is 52.1 Å². The van der Waals surface area contributed by atoms with E-state index in [-0.39, 0.29) is 35.6 Å². The highest BCUT2D eigenvalue weighted by Gasteiger charge is 2.43. The molecular formula is C26H25N3O5S2. The first-order chi connectivity index (χ1) is 17.3. The third kappa shape index (κ3) is 4.78. The van der Waals surface area contributed by atoms with Gasteiger partial charge in [0.05, 0.1) is 28.3 Å². The van der Waals surface area contributed by atoms with Crippen LogP contribution in [0.1, 0.15) is 43.1 Å². The topological polar surface area (TPSA) is 96.0 Å². The largest absolute Gasteiger partial charge is 0.462 e. The first kappa shape index (κ1) is 25.6. The van der Waals surface area contributed by atoms with E-state index in [0.29, 0.717) is 26.8 Å². The van der Waals surface area contributed by atoms with Crippen LogP contribution in [0.25, 0.3) is 5.57 Å². The monoisotopic (exact) mass is 523 g/mol. The fourth-order valence-electron chi connectivity index (χ4n) is 4.00. The lowest BCUT2D eigenvalue weighted by atomic mass is 10.1. The van der Waals surface area contributed by atoms with Crippen molar-refractivity contribution in [3.8, 4) is 0 Å². The van der Waals surface area contributed by atoms with E-state index in [1.54, 1.807) is 60.4 Å². The Kier molecular flexibility index (Phi) is 7.56. The smallest absolute Gasteiger partial charge is 0.338 e. The Morgan fingerprint density at radius 1 is 1.06 bits per heavy atom. The van der Waals surface area contributed by atoms with Crippen molar-refractivity contribution in [2.45, 2.75) is 33.2 Å². The molecule has 1 saturated heterocycles. The molecule has 10 heteroatoms. The zero-order valence-electron chi connectivity index (χ0n) is 20.1. The van der Waals surface area contributed by atoms with Gasteiger partial charge in [-0.15, -0.1) is 0 Å². The lowest BCUT2D eigenvalue weighted by Gasteiger charge is -2.21. The minimum Gasteiger partial charge on any atom is -0.462 e. The molecule has 0 spiro atoms. The van der Waals surface area contributed by atoms with Crippen LogP contribution in [0.15, 0.2) is 53.4 Å². The van der Waals surface area contributed by atoms with Gasteiger partial charge in [-0.25, -0.2) is 4.79 Å². The zero-order valence-corrected chi connectivity index (χ0v) is 21.7. The Morgan fingerprint density at radius 2 is 1.75 bits per heavy atom. The summed E-state index contributed by atoms with van der Waals surface area (Å²) >= 11 is 6.56. The summed E-state index contributed by atoms with van der Waals surface area (Å²) in [4.78, 5) is 54.6. The van der Waals surface area contributed by atoms with E-state index in [4.69, 9.17) is 17.0 Å². The first-order valence-electron chi connectivity index (χ1n) is 11.5. The molecule has 0 bridgehead atoms. The molecule has 8 nitrogen and oxygen atoms in total. The molecule has 0 aliphatic carbocycles. The number of thiocarbonyl (C=S) groups is 1. The number of carbonyl (C=O) groups is 4. The van der Waals surface area contributed by atoms with Crippen LogP contribution < -0.4 is 10.2 Å². The molecule has 2 aliphatic heterocycles. The highest BCUT2D eigenvalue weighted by atomic mass is 32.2. The predicted molar refractivity (Wildman–Crippen MR) is 144 cm³/mol. The lowest BCUT2D eigenvalue weighted by Crippen LogP contribution is -2.37. The average Bonchev–Trinajstić information content (AvgIpc) is 3.31. The predicted octanol–water partition coefficient (Wildman–Crippen LogP) is 4.22. The standard InChI is InChI=1S/C26H25N3O5S2/c1-4-15(3)29-24(32)22(36-26(29)35)21-18-8-6-7-9-19(18)28(23(21)31)14-20(30)27-17-12-10-16(11-13-17)25(33)34-5-2/h6-13,15H,4-5,14H2,1-3H3,(H,27,30)/b22-21-/t15-/m1/s1. The van der Waals surface area contributed by atoms with E-state index >= 15 is 0 Å². The second kappa shape index (κ2) is 10.6. The van der Waals surface area contributed by atoms with Crippen molar-refractivity contribution in [2.24, 2.45) is 0 Å². The molecule has 2 heterocycles. The number of hydrogen-bond donors (Lipinski definition) is 1. The van der Waals surface area contributed by atoms with E-state index in [1.165, 1.54) is 4.90 Å². The minimum atomic E-state index is -0.444. The summed E-state index contributed by atoms with van der Waals surface area (Å²) in [6.45, 7) is 5.63. The number of nitrogens with zero attached hydrogens (tertiary/aromatic N) is 2. The van der Waals surface area contributed by atoms with Crippen molar-refractivity contribution in [3.05, 3.63) is 64.6 Å². The van der Waals surface area contributed by atoms with Gasteiger partial charge in [-0.2, -0.15) is 0 Å². The molecule has 2 aromatic rings. The Hall–Kier alpha value is -3.50. The van der Waals surface area contributed by atoms with Crippen molar-refractivity contribution >= 4 is 68.9 Å². The minimum absolute atomic E-state index is 0.0838. The molecule has 1 fully saturated rings. The number of carbonyl (C=O) groups excluding carboxylic acids is 4. The SMILES string of the molecule is CCOC(=O)c1ccc(NC(=O)CN2C(=O)/C(=C3\SC(=S)N([C@H](C)CC)C3=O)c3ccccc32)cc1. The number of ether oxygens (including phenoxy) is 1. The summed E-state index contributed by atoms with van der Waals surface area (Å²) in [5.74, 6) is -1.57. The second-order valence-electron chi connectivity index (χ2n) is 8.26. The number of anilines is 2. The fraction of sp³-hybridized carbons (Fsp3) is 0.269. The van der Waals surface area contributed by atoms with E-state index < -0.39 is 17.8 Å². The zero-order chi connectivity index (χ0) is 26.0. The van der Waals surface area contributed by atoms with Crippen LogP contribution in [0.4, 0.5) is 11.4 Å². The molecule has 186 valence electrons. The van der Waals surface area contributed by atoms with E-state index in [0.717, 1.165) is 18.2 Å². The maximum atomic E-state index is 13.5. The van der Waals surface area contributed by atoms with Crippen molar-refractivity contribution < 1.29 is 23.9 Å². The normalized spacial score (nSPS) is 17.9. The number of thioether (sulfide) groups is 1. The van der Waals surface area contributed by atoms with Gasteiger partial charge in [-0.3, -0.25) is 24.2 Å². The van der Waals surface area contributed by atoms with Crippen molar-refractivity contribution in [1.29, 1.82) is 0 Å². The van der Waals surface area contributed by atoms with Gasteiger partial charge >= 0.3 is 5.97 Å². The summed E-state index contributed by atoms with van der Waals surface area (Å²) in [5, 5.41) is 2.75. The van der Waals surface area contributed by atoms with Crippen LogP contribution in [0.3, 0.4) is 0 Å². The van der Waals surface area contributed by atoms with Gasteiger partial charge in [0.2, 0.25) is 5.91 Å². The summed E-state index contributed by atoms with van der Waals surface area (Å²) < 4.78 is 5.38. The molecule has 3 amide bonds. The van der Waals surface area contributed by atoms with E-state index in [1.807, 2.05) is 13.8 Å². The van der Waals surface area contributed by atoms with Crippen LogP contribution >= 0.6 is 24.0 Å². The quantitative estimate of drug-likeness (QED) is 0.330. The lowest BCUT2D eigenvalue weighted by molar-refractivity contribution is -0.123. The molecule has 0 aromatic heterocycles.